The monoisotopic (exact) mass is 252 g/mol. The second-order valence-electron chi connectivity index (χ2n) is 6.71. The van der Waals surface area contributed by atoms with Gasteiger partial charge in [0.1, 0.15) is 5.78 Å². The van der Waals surface area contributed by atoms with Crippen LogP contribution in [0.4, 0.5) is 0 Å². The Hall–Kier alpha value is -0.410. The SMILES string of the molecule is C[C@]12CCC(=O)C[C@@]1(O)CCC[C@H]2C1CCCO1. The zero-order chi connectivity index (χ0) is 12.8. The largest absolute Gasteiger partial charge is 0.389 e. The van der Waals surface area contributed by atoms with Gasteiger partial charge in [0.15, 0.2) is 0 Å². The van der Waals surface area contributed by atoms with Crippen LogP contribution < -0.4 is 0 Å². The molecule has 3 rings (SSSR count). The number of rotatable bonds is 1. The molecule has 0 aromatic heterocycles. The molecule has 3 heteroatoms. The third-order valence-electron chi connectivity index (χ3n) is 5.81. The van der Waals surface area contributed by atoms with E-state index in [9.17, 15) is 9.90 Å². The van der Waals surface area contributed by atoms with Gasteiger partial charge in [0, 0.05) is 24.9 Å². The van der Waals surface area contributed by atoms with Gasteiger partial charge in [-0.25, -0.2) is 0 Å². The summed E-state index contributed by atoms with van der Waals surface area (Å²) in [5, 5.41) is 11.0. The molecule has 0 amide bonds. The molecule has 1 unspecified atom stereocenters. The van der Waals surface area contributed by atoms with Crippen LogP contribution in [0.5, 0.6) is 0 Å². The van der Waals surface area contributed by atoms with Crippen molar-refractivity contribution in [1.29, 1.82) is 0 Å². The number of ether oxygens (including phenoxy) is 1. The predicted octanol–water partition coefficient (Wildman–Crippen LogP) is 2.46. The van der Waals surface area contributed by atoms with Gasteiger partial charge in [0.05, 0.1) is 11.7 Å². The number of hydrogen-bond acceptors (Lipinski definition) is 3. The Morgan fingerprint density at radius 1 is 1.28 bits per heavy atom. The summed E-state index contributed by atoms with van der Waals surface area (Å²) in [6, 6.07) is 0. The molecule has 0 aromatic carbocycles. The first kappa shape index (κ1) is 12.6. The van der Waals surface area contributed by atoms with Crippen LogP contribution in [0.15, 0.2) is 0 Å². The van der Waals surface area contributed by atoms with E-state index in [1.165, 1.54) is 0 Å². The third kappa shape index (κ3) is 1.75. The zero-order valence-corrected chi connectivity index (χ0v) is 11.3. The first-order valence-corrected chi connectivity index (χ1v) is 7.41. The van der Waals surface area contributed by atoms with Crippen molar-refractivity contribution in [3.63, 3.8) is 0 Å². The van der Waals surface area contributed by atoms with E-state index in [0.29, 0.717) is 24.9 Å². The van der Waals surface area contributed by atoms with Crippen LogP contribution >= 0.6 is 0 Å². The predicted molar refractivity (Wildman–Crippen MR) is 68.2 cm³/mol. The summed E-state index contributed by atoms with van der Waals surface area (Å²) in [4.78, 5) is 11.7. The van der Waals surface area contributed by atoms with Crippen molar-refractivity contribution in [2.24, 2.45) is 11.3 Å². The second kappa shape index (κ2) is 4.31. The van der Waals surface area contributed by atoms with E-state index in [4.69, 9.17) is 4.74 Å². The van der Waals surface area contributed by atoms with E-state index >= 15 is 0 Å². The molecule has 3 fully saturated rings. The lowest BCUT2D eigenvalue weighted by molar-refractivity contribution is -0.186. The summed E-state index contributed by atoms with van der Waals surface area (Å²) in [7, 11) is 0. The molecule has 3 nitrogen and oxygen atoms in total. The van der Waals surface area contributed by atoms with Crippen molar-refractivity contribution in [2.75, 3.05) is 6.61 Å². The van der Waals surface area contributed by atoms with Crippen LogP contribution in [0.2, 0.25) is 0 Å². The standard InChI is InChI=1S/C15H24O3/c1-14-8-6-11(16)10-15(14,17)7-2-4-12(14)13-5-3-9-18-13/h12-13,17H,2-10H2,1H3/t12-,13?,14+,15-/m0/s1. The van der Waals surface area contributed by atoms with E-state index in [1.807, 2.05) is 0 Å². The molecule has 0 radical (unpaired) electrons. The highest BCUT2D eigenvalue weighted by atomic mass is 16.5. The minimum Gasteiger partial charge on any atom is -0.389 e. The van der Waals surface area contributed by atoms with Crippen LogP contribution in [0.25, 0.3) is 0 Å². The fraction of sp³-hybridized carbons (Fsp3) is 0.933. The Kier molecular flexibility index (Phi) is 3.02. The van der Waals surface area contributed by atoms with E-state index in [1.54, 1.807) is 0 Å². The maximum Gasteiger partial charge on any atom is 0.135 e. The second-order valence-corrected chi connectivity index (χ2v) is 6.71. The molecule has 102 valence electrons. The fourth-order valence-electron chi connectivity index (χ4n) is 4.60. The summed E-state index contributed by atoms with van der Waals surface area (Å²) >= 11 is 0. The highest BCUT2D eigenvalue weighted by Gasteiger charge is 2.58. The maximum atomic E-state index is 11.7. The van der Waals surface area contributed by atoms with Crippen molar-refractivity contribution in [3.05, 3.63) is 0 Å². The number of ketones is 1. The van der Waals surface area contributed by atoms with E-state index in [-0.39, 0.29) is 11.2 Å². The Balaban J connectivity index is 1.89. The van der Waals surface area contributed by atoms with Crippen LogP contribution in [-0.4, -0.2) is 29.2 Å². The number of carbonyl (C=O) groups excluding carboxylic acids is 1. The van der Waals surface area contributed by atoms with Crippen molar-refractivity contribution in [3.8, 4) is 0 Å². The van der Waals surface area contributed by atoms with Crippen LogP contribution in [0, 0.1) is 11.3 Å². The van der Waals surface area contributed by atoms with Gasteiger partial charge < -0.3 is 9.84 Å². The molecule has 1 heterocycles. The molecular formula is C15H24O3. The van der Waals surface area contributed by atoms with Crippen LogP contribution in [0.3, 0.4) is 0 Å². The summed E-state index contributed by atoms with van der Waals surface area (Å²) < 4.78 is 5.88. The Labute approximate surface area is 109 Å². The minimum atomic E-state index is -0.767. The number of carbonyl (C=O) groups is 1. The molecule has 2 saturated carbocycles. The average Bonchev–Trinajstić information content (AvgIpc) is 2.83. The van der Waals surface area contributed by atoms with Crippen molar-refractivity contribution >= 4 is 5.78 Å². The minimum absolute atomic E-state index is 0.117. The van der Waals surface area contributed by atoms with Crippen molar-refractivity contribution < 1.29 is 14.6 Å². The summed E-state index contributed by atoms with van der Waals surface area (Å²) in [6.45, 7) is 3.07. The molecule has 0 aromatic rings. The first-order chi connectivity index (χ1) is 8.55. The lowest BCUT2D eigenvalue weighted by atomic mass is 9.51. The lowest BCUT2D eigenvalue weighted by Crippen LogP contribution is -2.59. The fourth-order valence-corrected chi connectivity index (χ4v) is 4.60. The van der Waals surface area contributed by atoms with E-state index in [0.717, 1.165) is 45.1 Å². The summed E-state index contributed by atoms with van der Waals surface area (Å²) in [6.07, 6.45) is 7.41. The average molecular weight is 252 g/mol. The van der Waals surface area contributed by atoms with Crippen LogP contribution in [0.1, 0.15) is 58.3 Å². The molecule has 4 atom stereocenters. The molecule has 1 aliphatic heterocycles. The van der Waals surface area contributed by atoms with Gasteiger partial charge in [0.2, 0.25) is 0 Å². The summed E-state index contributed by atoms with van der Waals surface area (Å²) in [5.74, 6) is 0.676. The molecule has 2 aliphatic carbocycles. The Bertz CT molecular complexity index is 348. The van der Waals surface area contributed by atoms with Crippen LogP contribution in [-0.2, 0) is 9.53 Å². The van der Waals surface area contributed by atoms with Gasteiger partial charge >= 0.3 is 0 Å². The summed E-state index contributed by atoms with van der Waals surface area (Å²) in [5.41, 5.74) is -0.884. The molecule has 18 heavy (non-hydrogen) atoms. The molecule has 3 aliphatic rings. The molecule has 1 N–H and O–H groups in total. The Morgan fingerprint density at radius 3 is 2.83 bits per heavy atom. The van der Waals surface area contributed by atoms with Gasteiger partial charge in [-0.05, 0) is 38.0 Å². The normalized spacial score (nSPS) is 49.1. The zero-order valence-electron chi connectivity index (χ0n) is 11.3. The van der Waals surface area contributed by atoms with Gasteiger partial charge in [-0.2, -0.15) is 0 Å². The number of hydrogen-bond donors (Lipinski definition) is 1. The highest BCUT2D eigenvalue weighted by molar-refractivity contribution is 5.80. The van der Waals surface area contributed by atoms with Gasteiger partial charge in [0.25, 0.3) is 0 Å². The topological polar surface area (TPSA) is 46.5 Å². The van der Waals surface area contributed by atoms with Gasteiger partial charge in [-0.1, -0.05) is 13.3 Å². The molecule has 1 saturated heterocycles. The van der Waals surface area contributed by atoms with Gasteiger partial charge in [-0.3, -0.25) is 4.79 Å². The highest BCUT2D eigenvalue weighted by Crippen LogP contribution is 2.57. The molecule has 0 bridgehead atoms. The number of fused-ring (bicyclic) bond motifs is 1. The smallest absolute Gasteiger partial charge is 0.135 e. The lowest BCUT2D eigenvalue weighted by Gasteiger charge is -2.56. The van der Waals surface area contributed by atoms with E-state index in [2.05, 4.69) is 6.92 Å². The third-order valence-corrected chi connectivity index (χ3v) is 5.81. The maximum absolute atomic E-state index is 11.7. The Morgan fingerprint density at radius 2 is 2.11 bits per heavy atom. The number of aliphatic hydroxyl groups is 1. The molecule has 0 spiro atoms. The quantitative estimate of drug-likeness (QED) is 0.779. The molecular weight excluding hydrogens is 228 g/mol. The van der Waals surface area contributed by atoms with Gasteiger partial charge in [-0.15, -0.1) is 0 Å². The first-order valence-electron chi connectivity index (χ1n) is 7.41. The van der Waals surface area contributed by atoms with Crippen molar-refractivity contribution in [1.82, 2.24) is 0 Å². The van der Waals surface area contributed by atoms with E-state index < -0.39 is 5.60 Å². The number of Topliss-reactive ketones (excluding diaryl/α,β-unsaturated/α-hetero) is 1. The van der Waals surface area contributed by atoms with Crippen molar-refractivity contribution in [2.45, 2.75) is 70.0 Å².